The Labute approximate surface area is 100.0 Å². The number of carbonyl (C=O) groups excluding carboxylic acids is 1. The highest BCUT2D eigenvalue weighted by molar-refractivity contribution is 6.31. The first kappa shape index (κ1) is 11.4. The van der Waals surface area contributed by atoms with Crippen molar-refractivity contribution >= 4 is 17.5 Å². The molecule has 2 rings (SSSR count). The second kappa shape index (κ2) is 4.07. The Hall–Kier alpha value is -1.06. The lowest BCUT2D eigenvalue weighted by atomic mass is 10.1. The van der Waals surface area contributed by atoms with Crippen molar-refractivity contribution in [1.82, 2.24) is 5.32 Å². The Kier molecular flexibility index (Phi) is 2.91. The van der Waals surface area contributed by atoms with E-state index in [2.05, 4.69) is 12.2 Å². The smallest absolute Gasteiger partial charge is 0.248 e. The van der Waals surface area contributed by atoms with E-state index in [9.17, 15) is 4.79 Å². The molecule has 0 aliphatic heterocycles. The predicted molar refractivity (Wildman–Crippen MR) is 64.4 cm³/mol. The highest BCUT2D eigenvalue weighted by Gasteiger charge is 2.36. The Morgan fingerprint density at radius 2 is 2.25 bits per heavy atom. The van der Waals surface area contributed by atoms with Gasteiger partial charge in [0.15, 0.2) is 0 Å². The SMILES string of the molecule is CC1(NCc2ccc(C(N)=O)cc2Cl)CC1. The summed E-state index contributed by atoms with van der Waals surface area (Å²) in [4.78, 5) is 10.9. The fraction of sp³-hybridized carbons (Fsp3) is 0.417. The third kappa shape index (κ3) is 2.54. The molecule has 3 N–H and O–H groups in total. The molecule has 0 spiro atoms. The summed E-state index contributed by atoms with van der Waals surface area (Å²) in [6.45, 7) is 2.92. The quantitative estimate of drug-likeness (QED) is 0.844. The lowest BCUT2D eigenvalue weighted by Gasteiger charge is -2.12. The number of hydrogen-bond acceptors (Lipinski definition) is 2. The van der Waals surface area contributed by atoms with Crippen LogP contribution in [0.15, 0.2) is 18.2 Å². The molecule has 1 aromatic rings. The van der Waals surface area contributed by atoms with Gasteiger partial charge in [0, 0.05) is 22.7 Å². The maximum absolute atomic E-state index is 10.9. The summed E-state index contributed by atoms with van der Waals surface area (Å²) < 4.78 is 0. The first-order chi connectivity index (χ1) is 7.50. The van der Waals surface area contributed by atoms with Crippen LogP contribution < -0.4 is 11.1 Å². The molecule has 3 nitrogen and oxygen atoms in total. The zero-order valence-corrected chi connectivity index (χ0v) is 9.97. The monoisotopic (exact) mass is 238 g/mol. The van der Waals surface area contributed by atoms with Gasteiger partial charge >= 0.3 is 0 Å². The minimum atomic E-state index is -0.449. The zero-order valence-electron chi connectivity index (χ0n) is 9.22. The molecule has 1 aromatic carbocycles. The van der Waals surface area contributed by atoms with Crippen molar-refractivity contribution in [3.63, 3.8) is 0 Å². The number of carbonyl (C=O) groups is 1. The third-order valence-electron chi connectivity index (χ3n) is 3.04. The number of hydrogen-bond donors (Lipinski definition) is 2. The molecule has 0 saturated heterocycles. The highest BCUT2D eigenvalue weighted by Crippen LogP contribution is 2.34. The van der Waals surface area contributed by atoms with Crippen molar-refractivity contribution < 1.29 is 4.79 Å². The number of benzene rings is 1. The lowest BCUT2D eigenvalue weighted by molar-refractivity contribution is 0.100. The summed E-state index contributed by atoms with van der Waals surface area (Å²) in [5.74, 6) is -0.449. The molecule has 0 atom stereocenters. The summed E-state index contributed by atoms with van der Waals surface area (Å²) in [6, 6.07) is 5.18. The maximum Gasteiger partial charge on any atom is 0.248 e. The van der Waals surface area contributed by atoms with Crippen LogP contribution in [-0.2, 0) is 6.54 Å². The molecule has 1 amide bonds. The van der Waals surface area contributed by atoms with Crippen molar-refractivity contribution in [3.8, 4) is 0 Å². The molecule has 1 saturated carbocycles. The van der Waals surface area contributed by atoms with Gasteiger partial charge in [0.2, 0.25) is 5.91 Å². The largest absolute Gasteiger partial charge is 0.366 e. The van der Waals surface area contributed by atoms with Gasteiger partial charge in [0.1, 0.15) is 0 Å². The molecule has 4 heteroatoms. The molecule has 0 unspecified atom stereocenters. The number of nitrogens with two attached hydrogens (primary N) is 1. The molecule has 1 fully saturated rings. The van der Waals surface area contributed by atoms with Crippen LogP contribution in [0.2, 0.25) is 5.02 Å². The summed E-state index contributed by atoms with van der Waals surface area (Å²) in [7, 11) is 0. The van der Waals surface area contributed by atoms with E-state index in [1.165, 1.54) is 12.8 Å². The van der Waals surface area contributed by atoms with Crippen LogP contribution in [-0.4, -0.2) is 11.4 Å². The van der Waals surface area contributed by atoms with E-state index in [1.54, 1.807) is 12.1 Å². The summed E-state index contributed by atoms with van der Waals surface area (Å²) in [5.41, 5.74) is 6.91. The van der Waals surface area contributed by atoms with Crippen LogP contribution in [0.1, 0.15) is 35.7 Å². The molecule has 0 heterocycles. The van der Waals surface area contributed by atoms with Crippen LogP contribution >= 0.6 is 11.6 Å². The average molecular weight is 239 g/mol. The van der Waals surface area contributed by atoms with Crippen LogP contribution in [0.25, 0.3) is 0 Å². The first-order valence-electron chi connectivity index (χ1n) is 5.33. The predicted octanol–water partition coefficient (Wildman–Crippen LogP) is 2.08. The lowest BCUT2D eigenvalue weighted by Crippen LogP contribution is -2.27. The molecular weight excluding hydrogens is 224 g/mol. The van der Waals surface area contributed by atoms with Gasteiger partial charge in [-0.15, -0.1) is 0 Å². The van der Waals surface area contributed by atoms with E-state index in [0.29, 0.717) is 10.6 Å². The Morgan fingerprint density at radius 1 is 1.56 bits per heavy atom. The topological polar surface area (TPSA) is 55.1 Å². The molecule has 16 heavy (non-hydrogen) atoms. The van der Waals surface area contributed by atoms with Gasteiger partial charge in [-0.1, -0.05) is 17.7 Å². The van der Waals surface area contributed by atoms with E-state index >= 15 is 0 Å². The molecule has 1 aliphatic carbocycles. The molecule has 0 radical (unpaired) electrons. The van der Waals surface area contributed by atoms with Gasteiger partial charge in [-0.05, 0) is 37.5 Å². The van der Waals surface area contributed by atoms with Crippen molar-refractivity contribution in [2.24, 2.45) is 5.73 Å². The number of halogens is 1. The number of nitrogens with one attached hydrogen (secondary N) is 1. The van der Waals surface area contributed by atoms with Crippen molar-refractivity contribution in [2.75, 3.05) is 0 Å². The van der Waals surface area contributed by atoms with E-state index in [0.717, 1.165) is 12.1 Å². The molecular formula is C12H15ClN2O. The van der Waals surface area contributed by atoms with Crippen molar-refractivity contribution in [2.45, 2.75) is 31.8 Å². The van der Waals surface area contributed by atoms with Gasteiger partial charge in [0.05, 0.1) is 0 Å². The number of rotatable bonds is 4. The standard InChI is InChI=1S/C12H15ClN2O/c1-12(4-5-12)15-7-9-3-2-8(11(14)16)6-10(9)13/h2-3,6,15H,4-5,7H2,1H3,(H2,14,16). The van der Waals surface area contributed by atoms with Crippen molar-refractivity contribution in [3.05, 3.63) is 34.3 Å². The Morgan fingerprint density at radius 3 is 2.75 bits per heavy atom. The second-order valence-corrected chi connectivity index (χ2v) is 4.99. The Balaban J connectivity index is 2.07. The average Bonchev–Trinajstić information content (AvgIpc) is 2.95. The van der Waals surface area contributed by atoms with Gasteiger partial charge in [0.25, 0.3) is 0 Å². The van der Waals surface area contributed by atoms with Crippen molar-refractivity contribution in [1.29, 1.82) is 0 Å². The summed E-state index contributed by atoms with van der Waals surface area (Å²) in [5, 5.41) is 4.03. The molecule has 0 aromatic heterocycles. The summed E-state index contributed by atoms with van der Waals surface area (Å²) in [6.07, 6.45) is 2.42. The van der Waals surface area contributed by atoms with E-state index in [-0.39, 0.29) is 5.54 Å². The number of primary amides is 1. The fourth-order valence-corrected chi connectivity index (χ4v) is 1.76. The maximum atomic E-state index is 10.9. The first-order valence-corrected chi connectivity index (χ1v) is 5.71. The third-order valence-corrected chi connectivity index (χ3v) is 3.40. The van der Waals surface area contributed by atoms with Crippen LogP contribution in [0, 0.1) is 0 Å². The molecule has 86 valence electrons. The minimum Gasteiger partial charge on any atom is -0.366 e. The molecule has 0 bridgehead atoms. The van der Waals surface area contributed by atoms with Crippen LogP contribution in [0.5, 0.6) is 0 Å². The number of amides is 1. The summed E-state index contributed by atoms with van der Waals surface area (Å²) >= 11 is 6.07. The van der Waals surface area contributed by atoms with Gasteiger partial charge < -0.3 is 11.1 Å². The normalized spacial score (nSPS) is 17.1. The Bertz CT molecular complexity index is 427. The zero-order chi connectivity index (χ0) is 11.8. The second-order valence-electron chi connectivity index (χ2n) is 4.58. The van der Waals surface area contributed by atoms with Crippen LogP contribution in [0.3, 0.4) is 0 Å². The highest BCUT2D eigenvalue weighted by atomic mass is 35.5. The van der Waals surface area contributed by atoms with E-state index in [1.807, 2.05) is 6.07 Å². The van der Waals surface area contributed by atoms with E-state index < -0.39 is 5.91 Å². The van der Waals surface area contributed by atoms with Gasteiger partial charge in [-0.2, -0.15) is 0 Å². The van der Waals surface area contributed by atoms with Gasteiger partial charge in [-0.3, -0.25) is 4.79 Å². The molecule has 1 aliphatic rings. The van der Waals surface area contributed by atoms with Gasteiger partial charge in [-0.25, -0.2) is 0 Å². The van der Waals surface area contributed by atoms with E-state index in [4.69, 9.17) is 17.3 Å². The fourth-order valence-electron chi connectivity index (χ4n) is 1.52. The van der Waals surface area contributed by atoms with Crippen LogP contribution in [0.4, 0.5) is 0 Å². The minimum absolute atomic E-state index is 0.283.